The van der Waals surface area contributed by atoms with Crippen LogP contribution >= 0.6 is 15.9 Å². The zero-order chi connectivity index (χ0) is 23.0. The summed E-state index contributed by atoms with van der Waals surface area (Å²) in [6.07, 6.45) is 1.41. The van der Waals surface area contributed by atoms with E-state index in [0.717, 1.165) is 12.1 Å². The number of amides is 2. The van der Waals surface area contributed by atoms with Crippen LogP contribution in [0.5, 0.6) is 0 Å². The van der Waals surface area contributed by atoms with Gasteiger partial charge in [0.1, 0.15) is 12.2 Å². The van der Waals surface area contributed by atoms with Gasteiger partial charge in [-0.3, -0.25) is 9.59 Å². The summed E-state index contributed by atoms with van der Waals surface area (Å²) in [5, 5.41) is 10.9. The molecule has 2 aliphatic heterocycles. The molecule has 12 heteroatoms. The minimum Gasteiger partial charge on any atom is -0.337 e. The van der Waals surface area contributed by atoms with Crippen molar-refractivity contribution in [3.05, 3.63) is 34.1 Å². The summed E-state index contributed by atoms with van der Waals surface area (Å²) in [5.41, 5.74) is 1.91. The van der Waals surface area contributed by atoms with Crippen LogP contribution in [0.3, 0.4) is 0 Å². The van der Waals surface area contributed by atoms with Gasteiger partial charge in [-0.25, -0.2) is 13.1 Å². The van der Waals surface area contributed by atoms with Gasteiger partial charge in [0.05, 0.1) is 17.1 Å². The SMILES string of the molecule is CC(=O)N1CCc2c(nnn2CC(=O)Nc2ccc(Br)c(S(=O)(=O)N3CC[C@H](C)C3)c2)C1. The van der Waals surface area contributed by atoms with Crippen LogP contribution in [0.1, 0.15) is 31.7 Å². The van der Waals surface area contributed by atoms with Gasteiger partial charge in [-0.15, -0.1) is 5.10 Å². The van der Waals surface area contributed by atoms with Crippen LogP contribution in [0, 0.1) is 5.92 Å². The van der Waals surface area contributed by atoms with Gasteiger partial charge < -0.3 is 10.2 Å². The van der Waals surface area contributed by atoms with Crippen LogP contribution in [0.15, 0.2) is 27.6 Å². The van der Waals surface area contributed by atoms with E-state index in [1.807, 2.05) is 6.92 Å². The van der Waals surface area contributed by atoms with Crippen molar-refractivity contribution in [3.63, 3.8) is 0 Å². The lowest BCUT2D eigenvalue weighted by molar-refractivity contribution is -0.129. The van der Waals surface area contributed by atoms with E-state index in [9.17, 15) is 18.0 Å². The molecule has 0 bridgehead atoms. The molecule has 3 heterocycles. The summed E-state index contributed by atoms with van der Waals surface area (Å²) in [4.78, 5) is 26.0. The summed E-state index contributed by atoms with van der Waals surface area (Å²) >= 11 is 3.33. The minimum absolute atomic E-state index is 0.0210. The van der Waals surface area contributed by atoms with Gasteiger partial charge in [0.15, 0.2) is 0 Å². The minimum atomic E-state index is -3.66. The van der Waals surface area contributed by atoms with Gasteiger partial charge in [-0.2, -0.15) is 4.31 Å². The Kier molecular flexibility index (Phi) is 6.37. The number of nitrogens with zero attached hydrogens (tertiary/aromatic N) is 5. The van der Waals surface area contributed by atoms with Crippen molar-refractivity contribution in [1.29, 1.82) is 0 Å². The molecule has 2 amide bonds. The number of rotatable bonds is 5. The molecule has 4 rings (SSSR count). The number of aromatic nitrogens is 3. The Morgan fingerprint density at radius 1 is 1.28 bits per heavy atom. The molecule has 1 aromatic heterocycles. The molecule has 1 fully saturated rings. The van der Waals surface area contributed by atoms with Crippen molar-refractivity contribution >= 4 is 43.5 Å². The summed E-state index contributed by atoms with van der Waals surface area (Å²) in [6.45, 7) is 5.41. The smallest absolute Gasteiger partial charge is 0.246 e. The molecule has 1 saturated heterocycles. The summed E-state index contributed by atoms with van der Waals surface area (Å²) in [5.74, 6) is -0.0398. The molecule has 1 atom stereocenters. The van der Waals surface area contributed by atoms with E-state index in [-0.39, 0.29) is 23.3 Å². The van der Waals surface area contributed by atoms with Crippen LogP contribution in [0.4, 0.5) is 5.69 Å². The number of carbonyl (C=O) groups excluding carboxylic acids is 2. The highest BCUT2D eigenvalue weighted by Gasteiger charge is 2.32. The van der Waals surface area contributed by atoms with Gasteiger partial charge in [-0.1, -0.05) is 12.1 Å². The number of fused-ring (bicyclic) bond motifs is 1. The van der Waals surface area contributed by atoms with E-state index < -0.39 is 10.0 Å². The Bertz CT molecular complexity index is 1160. The molecule has 0 saturated carbocycles. The van der Waals surface area contributed by atoms with Crippen molar-refractivity contribution in [2.75, 3.05) is 25.0 Å². The lowest BCUT2D eigenvalue weighted by atomic mass is 10.1. The average molecular weight is 525 g/mol. The Hall–Kier alpha value is -2.31. The predicted octanol–water partition coefficient (Wildman–Crippen LogP) is 1.61. The van der Waals surface area contributed by atoms with E-state index in [2.05, 4.69) is 31.6 Å². The molecule has 1 aromatic carbocycles. The monoisotopic (exact) mass is 524 g/mol. The van der Waals surface area contributed by atoms with E-state index in [0.29, 0.717) is 54.4 Å². The van der Waals surface area contributed by atoms with E-state index in [1.165, 1.54) is 22.0 Å². The molecular formula is C20H25BrN6O4S. The Morgan fingerprint density at radius 3 is 2.75 bits per heavy atom. The van der Waals surface area contributed by atoms with Crippen LogP contribution in [0.25, 0.3) is 0 Å². The third kappa shape index (κ3) is 4.57. The zero-order valence-electron chi connectivity index (χ0n) is 17.9. The third-order valence-electron chi connectivity index (χ3n) is 5.84. The van der Waals surface area contributed by atoms with Gasteiger partial charge in [0, 0.05) is 43.1 Å². The summed E-state index contributed by atoms with van der Waals surface area (Å²) in [7, 11) is -3.66. The molecule has 10 nitrogen and oxygen atoms in total. The van der Waals surface area contributed by atoms with Crippen molar-refractivity contribution in [2.45, 2.75) is 44.7 Å². The largest absolute Gasteiger partial charge is 0.337 e. The fraction of sp³-hybridized carbons (Fsp3) is 0.500. The van der Waals surface area contributed by atoms with Crippen LogP contribution in [0.2, 0.25) is 0 Å². The molecule has 2 aromatic rings. The first-order chi connectivity index (χ1) is 15.1. The maximum atomic E-state index is 13.1. The second-order valence-electron chi connectivity index (χ2n) is 8.28. The molecule has 0 aliphatic carbocycles. The molecule has 2 aliphatic rings. The first-order valence-corrected chi connectivity index (χ1v) is 12.6. The lowest BCUT2D eigenvalue weighted by Crippen LogP contribution is -2.35. The summed E-state index contributed by atoms with van der Waals surface area (Å²) in [6, 6.07) is 4.74. The first-order valence-electron chi connectivity index (χ1n) is 10.4. The quantitative estimate of drug-likeness (QED) is 0.634. The van der Waals surface area contributed by atoms with Gasteiger partial charge in [-0.05, 0) is 46.5 Å². The molecule has 0 unspecified atom stereocenters. The van der Waals surface area contributed by atoms with E-state index >= 15 is 0 Å². The molecule has 32 heavy (non-hydrogen) atoms. The van der Waals surface area contributed by atoms with Gasteiger partial charge >= 0.3 is 0 Å². The second kappa shape index (κ2) is 8.91. The second-order valence-corrected chi connectivity index (χ2v) is 11.0. The zero-order valence-corrected chi connectivity index (χ0v) is 20.3. The number of sulfonamides is 1. The number of benzene rings is 1. The standard InChI is InChI=1S/C20H25BrN6O4S/c1-13-5-8-26(10-13)32(30,31)19-9-15(3-4-16(19)21)22-20(29)12-27-18-6-7-25(14(2)28)11-17(18)23-24-27/h3-4,9,13H,5-8,10-12H2,1-2H3,(H,22,29)/t13-/m0/s1. The molecular weight excluding hydrogens is 500 g/mol. The molecule has 0 radical (unpaired) electrons. The fourth-order valence-corrected chi connectivity index (χ4v) is 6.55. The molecule has 1 N–H and O–H groups in total. The highest BCUT2D eigenvalue weighted by atomic mass is 79.9. The van der Waals surface area contributed by atoms with Crippen LogP contribution < -0.4 is 5.32 Å². The predicted molar refractivity (Wildman–Crippen MR) is 120 cm³/mol. The maximum absolute atomic E-state index is 13.1. The van der Waals surface area contributed by atoms with Crippen molar-refractivity contribution in [1.82, 2.24) is 24.2 Å². The topological polar surface area (TPSA) is 117 Å². The van der Waals surface area contributed by atoms with Crippen molar-refractivity contribution in [2.24, 2.45) is 5.92 Å². The number of hydrogen-bond acceptors (Lipinski definition) is 6. The number of carbonyl (C=O) groups is 2. The van der Waals surface area contributed by atoms with Crippen LogP contribution in [-0.4, -0.2) is 64.1 Å². The normalized spacial score (nSPS) is 19.1. The van der Waals surface area contributed by atoms with Crippen molar-refractivity contribution < 1.29 is 18.0 Å². The Balaban J connectivity index is 1.47. The highest BCUT2D eigenvalue weighted by molar-refractivity contribution is 9.10. The third-order valence-corrected chi connectivity index (χ3v) is 8.69. The number of halogens is 1. The highest BCUT2D eigenvalue weighted by Crippen LogP contribution is 2.31. The summed E-state index contributed by atoms with van der Waals surface area (Å²) < 4.78 is 29.6. The lowest BCUT2D eigenvalue weighted by Gasteiger charge is -2.25. The Labute approximate surface area is 195 Å². The van der Waals surface area contributed by atoms with E-state index in [1.54, 1.807) is 17.0 Å². The molecule has 0 spiro atoms. The number of nitrogens with one attached hydrogen (secondary N) is 1. The average Bonchev–Trinajstić information content (AvgIpc) is 3.35. The fourth-order valence-electron chi connectivity index (χ4n) is 4.03. The number of anilines is 1. The molecule has 172 valence electrons. The van der Waals surface area contributed by atoms with E-state index in [4.69, 9.17) is 0 Å². The number of hydrogen-bond donors (Lipinski definition) is 1. The first kappa shape index (κ1) is 22.9. The van der Waals surface area contributed by atoms with Gasteiger partial charge in [0.2, 0.25) is 21.8 Å². The maximum Gasteiger partial charge on any atom is 0.246 e. The van der Waals surface area contributed by atoms with Gasteiger partial charge in [0.25, 0.3) is 0 Å². The van der Waals surface area contributed by atoms with Crippen LogP contribution in [-0.2, 0) is 39.1 Å². The Morgan fingerprint density at radius 2 is 2.06 bits per heavy atom. The van der Waals surface area contributed by atoms with Crippen molar-refractivity contribution in [3.8, 4) is 0 Å².